The van der Waals surface area contributed by atoms with Crippen molar-refractivity contribution in [3.63, 3.8) is 0 Å². The van der Waals surface area contributed by atoms with Crippen molar-refractivity contribution in [2.45, 2.75) is 19.4 Å². The fraction of sp³-hybridized carbons (Fsp3) is 0.462. The number of rotatable bonds is 2. The van der Waals surface area contributed by atoms with Crippen LogP contribution in [0.5, 0.6) is 0 Å². The number of amides is 1. The quantitative estimate of drug-likeness (QED) is 0.905. The first-order valence-electron chi connectivity index (χ1n) is 6.01. The lowest BCUT2D eigenvalue weighted by atomic mass is 10.1. The number of piperazine rings is 1. The third kappa shape index (κ3) is 3.29. The van der Waals surface area contributed by atoms with Gasteiger partial charge in [-0.1, -0.05) is 15.9 Å². The average molecular weight is 315 g/mol. The highest BCUT2D eigenvalue weighted by molar-refractivity contribution is 9.10. The zero-order valence-corrected chi connectivity index (χ0v) is 11.8. The standard InChI is InChI=1S/C13H16BrFN2O/c1-9-8-17(5-4-16-9)13(18)7-10-6-11(14)2-3-12(10)15/h2-3,6,9,16H,4-5,7-8H2,1H3/t9-/m1/s1. The van der Waals surface area contributed by atoms with Gasteiger partial charge in [0.1, 0.15) is 5.82 Å². The van der Waals surface area contributed by atoms with Crippen LogP contribution in [0.15, 0.2) is 22.7 Å². The van der Waals surface area contributed by atoms with Crippen LogP contribution < -0.4 is 5.32 Å². The summed E-state index contributed by atoms with van der Waals surface area (Å²) in [5.41, 5.74) is 0.445. The summed E-state index contributed by atoms with van der Waals surface area (Å²) >= 11 is 3.29. The summed E-state index contributed by atoms with van der Waals surface area (Å²) in [5, 5.41) is 3.28. The number of halogens is 2. The van der Waals surface area contributed by atoms with Crippen molar-refractivity contribution in [2.24, 2.45) is 0 Å². The average Bonchev–Trinajstić information content (AvgIpc) is 2.34. The molecule has 0 spiro atoms. The molecule has 0 aliphatic carbocycles. The van der Waals surface area contributed by atoms with Crippen molar-refractivity contribution in [1.29, 1.82) is 0 Å². The number of nitrogens with one attached hydrogen (secondary N) is 1. The molecule has 18 heavy (non-hydrogen) atoms. The van der Waals surface area contributed by atoms with Gasteiger partial charge in [0.05, 0.1) is 6.42 Å². The van der Waals surface area contributed by atoms with Gasteiger partial charge in [0.15, 0.2) is 0 Å². The van der Waals surface area contributed by atoms with Crippen LogP contribution in [0, 0.1) is 5.82 Å². The van der Waals surface area contributed by atoms with Gasteiger partial charge in [-0.3, -0.25) is 4.79 Å². The summed E-state index contributed by atoms with van der Waals surface area (Å²) in [7, 11) is 0. The van der Waals surface area contributed by atoms with Crippen molar-refractivity contribution in [3.8, 4) is 0 Å². The summed E-state index contributed by atoms with van der Waals surface area (Å²) in [6, 6.07) is 4.98. The van der Waals surface area contributed by atoms with E-state index in [1.807, 2.05) is 6.92 Å². The predicted molar refractivity (Wildman–Crippen MR) is 71.8 cm³/mol. The predicted octanol–water partition coefficient (Wildman–Crippen LogP) is 1.95. The summed E-state index contributed by atoms with van der Waals surface area (Å²) in [4.78, 5) is 13.9. The number of hydrogen-bond acceptors (Lipinski definition) is 2. The van der Waals surface area contributed by atoms with E-state index in [9.17, 15) is 9.18 Å². The van der Waals surface area contributed by atoms with Crippen LogP contribution in [0.2, 0.25) is 0 Å². The van der Waals surface area contributed by atoms with Crippen LogP contribution in [0.4, 0.5) is 4.39 Å². The van der Waals surface area contributed by atoms with Crippen LogP contribution in [0.3, 0.4) is 0 Å². The van der Waals surface area contributed by atoms with Gasteiger partial charge in [-0.2, -0.15) is 0 Å². The number of carbonyl (C=O) groups is 1. The van der Waals surface area contributed by atoms with Gasteiger partial charge >= 0.3 is 0 Å². The minimum atomic E-state index is -0.324. The van der Waals surface area contributed by atoms with Crippen LogP contribution in [0.25, 0.3) is 0 Å². The van der Waals surface area contributed by atoms with E-state index in [4.69, 9.17) is 0 Å². The Balaban J connectivity index is 2.04. The second kappa shape index (κ2) is 5.80. The maximum atomic E-state index is 13.6. The Hall–Kier alpha value is -0.940. The van der Waals surface area contributed by atoms with Crippen molar-refractivity contribution in [3.05, 3.63) is 34.1 Å². The van der Waals surface area contributed by atoms with Crippen molar-refractivity contribution >= 4 is 21.8 Å². The molecule has 1 aromatic rings. The topological polar surface area (TPSA) is 32.3 Å². The smallest absolute Gasteiger partial charge is 0.227 e. The van der Waals surface area contributed by atoms with Gasteiger partial charge < -0.3 is 10.2 Å². The first kappa shape index (κ1) is 13.5. The molecule has 1 heterocycles. The first-order chi connectivity index (χ1) is 8.56. The van der Waals surface area contributed by atoms with Crippen molar-refractivity contribution in [2.75, 3.05) is 19.6 Å². The Morgan fingerprint density at radius 1 is 1.61 bits per heavy atom. The van der Waals surface area contributed by atoms with Gasteiger partial charge in [0.2, 0.25) is 5.91 Å². The zero-order valence-electron chi connectivity index (χ0n) is 10.2. The zero-order chi connectivity index (χ0) is 13.1. The second-order valence-corrected chi connectivity index (χ2v) is 5.52. The number of benzene rings is 1. The van der Waals surface area contributed by atoms with E-state index in [0.717, 1.165) is 11.0 Å². The molecule has 1 amide bonds. The highest BCUT2D eigenvalue weighted by Gasteiger charge is 2.21. The van der Waals surface area contributed by atoms with E-state index in [1.54, 1.807) is 17.0 Å². The molecule has 1 fully saturated rings. The van der Waals surface area contributed by atoms with E-state index in [-0.39, 0.29) is 18.1 Å². The Kier molecular flexibility index (Phi) is 4.35. The highest BCUT2D eigenvalue weighted by Crippen LogP contribution is 2.17. The molecule has 1 aliphatic heterocycles. The third-order valence-electron chi connectivity index (χ3n) is 3.07. The van der Waals surface area contributed by atoms with Crippen LogP contribution in [-0.2, 0) is 11.2 Å². The molecule has 5 heteroatoms. The molecule has 0 aromatic heterocycles. The Morgan fingerprint density at radius 2 is 2.39 bits per heavy atom. The molecule has 0 radical (unpaired) electrons. The van der Waals surface area contributed by atoms with Gasteiger partial charge in [-0.05, 0) is 30.7 Å². The number of nitrogens with zero attached hydrogens (tertiary/aromatic N) is 1. The molecule has 0 unspecified atom stereocenters. The Bertz CT molecular complexity index is 453. The summed E-state index contributed by atoms with van der Waals surface area (Å²) in [6.45, 7) is 4.22. The monoisotopic (exact) mass is 314 g/mol. The van der Waals surface area contributed by atoms with Gasteiger partial charge in [0.25, 0.3) is 0 Å². The Morgan fingerprint density at radius 3 is 3.11 bits per heavy atom. The molecule has 1 atom stereocenters. The molecular weight excluding hydrogens is 299 g/mol. The minimum Gasteiger partial charge on any atom is -0.340 e. The van der Waals surface area contributed by atoms with E-state index >= 15 is 0 Å². The Labute approximate surface area is 114 Å². The lowest BCUT2D eigenvalue weighted by molar-refractivity contribution is -0.131. The molecule has 0 bridgehead atoms. The molecule has 1 saturated heterocycles. The lowest BCUT2D eigenvalue weighted by Gasteiger charge is -2.32. The van der Waals surface area contributed by atoms with Gasteiger partial charge in [0, 0.05) is 30.1 Å². The second-order valence-electron chi connectivity index (χ2n) is 4.61. The van der Waals surface area contributed by atoms with Crippen LogP contribution in [0.1, 0.15) is 12.5 Å². The fourth-order valence-corrected chi connectivity index (χ4v) is 2.52. The van der Waals surface area contributed by atoms with Gasteiger partial charge in [-0.25, -0.2) is 4.39 Å². The maximum Gasteiger partial charge on any atom is 0.227 e. The molecule has 1 aromatic carbocycles. The van der Waals surface area contributed by atoms with Crippen LogP contribution >= 0.6 is 15.9 Å². The molecule has 1 aliphatic rings. The molecule has 0 saturated carbocycles. The minimum absolute atomic E-state index is 0.0136. The number of carbonyl (C=O) groups excluding carboxylic acids is 1. The summed E-state index contributed by atoms with van der Waals surface area (Å²) < 4.78 is 14.4. The maximum absolute atomic E-state index is 13.6. The highest BCUT2D eigenvalue weighted by atomic mass is 79.9. The van der Waals surface area contributed by atoms with Crippen molar-refractivity contribution in [1.82, 2.24) is 10.2 Å². The normalized spacial score (nSPS) is 19.9. The first-order valence-corrected chi connectivity index (χ1v) is 6.80. The molecule has 2 rings (SSSR count). The molecular formula is C13H16BrFN2O. The van der Waals surface area contributed by atoms with E-state index < -0.39 is 0 Å². The van der Waals surface area contributed by atoms with E-state index in [0.29, 0.717) is 24.7 Å². The third-order valence-corrected chi connectivity index (χ3v) is 3.56. The van der Waals surface area contributed by atoms with Crippen molar-refractivity contribution < 1.29 is 9.18 Å². The molecule has 98 valence electrons. The van der Waals surface area contributed by atoms with Gasteiger partial charge in [-0.15, -0.1) is 0 Å². The van der Waals surface area contributed by atoms with E-state index in [2.05, 4.69) is 21.2 Å². The molecule has 1 N–H and O–H groups in total. The number of hydrogen-bond donors (Lipinski definition) is 1. The summed E-state index contributed by atoms with van der Waals surface area (Å²) in [5.74, 6) is -0.338. The van der Waals surface area contributed by atoms with Crippen LogP contribution in [-0.4, -0.2) is 36.5 Å². The summed E-state index contributed by atoms with van der Waals surface area (Å²) in [6.07, 6.45) is 0.123. The van der Waals surface area contributed by atoms with E-state index in [1.165, 1.54) is 6.07 Å². The lowest BCUT2D eigenvalue weighted by Crippen LogP contribution is -2.51. The molecule has 3 nitrogen and oxygen atoms in total. The largest absolute Gasteiger partial charge is 0.340 e. The fourth-order valence-electron chi connectivity index (χ4n) is 2.11. The SMILES string of the molecule is C[C@@H]1CN(C(=O)Cc2cc(Br)ccc2F)CCN1.